The van der Waals surface area contributed by atoms with E-state index in [1.165, 1.54) is 28.2 Å². The van der Waals surface area contributed by atoms with Gasteiger partial charge in [-0.3, -0.25) is 20.4 Å². The van der Waals surface area contributed by atoms with Crippen molar-refractivity contribution in [1.82, 2.24) is 10.9 Å². The Bertz CT molecular complexity index is 700. The standard InChI is InChI=1S/C15H20N2O4S2/c18-14(11-6-7-23(20,21)9-11)16-17-15(19)13-8-10-4-2-1-3-5-12(10)22-13/h8,11H,1-7,9H2,(H,16,18)(H,17,19)/t11-/m1/s1. The normalized spacial score (nSPS) is 22.9. The molecule has 8 heteroatoms. The Labute approximate surface area is 139 Å². The van der Waals surface area contributed by atoms with Gasteiger partial charge in [0.05, 0.1) is 22.3 Å². The lowest BCUT2D eigenvalue weighted by Gasteiger charge is -2.09. The number of aryl methyl sites for hydroxylation is 2. The maximum absolute atomic E-state index is 12.2. The predicted octanol–water partition coefficient (Wildman–Crippen LogP) is 1.21. The fourth-order valence-electron chi connectivity index (χ4n) is 3.06. The second-order valence-corrected chi connectivity index (χ2v) is 9.53. The van der Waals surface area contributed by atoms with E-state index in [1.807, 2.05) is 6.07 Å². The van der Waals surface area contributed by atoms with Gasteiger partial charge in [0.15, 0.2) is 9.84 Å². The summed E-state index contributed by atoms with van der Waals surface area (Å²) < 4.78 is 22.8. The third-order valence-corrected chi connectivity index (χ3v) is 7.38. The minimum absolute atomic E-state index is 0.0384. The van der Waals surface area contributed by atoms with Crippen LogP contribution in [0, 0.1) is 5.92 Å². The number of hydrogen-bond acceptors (Lipinski definition) is 5. The highest BCUT2D eigenvalue weighted by Crippen LogP contribution is 2.28. The zero-order chi connectivity index (χ0) is 16.4. The van der Waals surface area contributed by atoms with Gasteiger partial charge in [0, 0.05) is 4.88 Å². The van der Waals surface area contributed by atoms with Gasteiger partial charge in [0.2, 0.25) is 5.91 Å². The number of carbonyl (C=O) groups excluding carboxylic acids is 2. The van der Waals surface area contributed by atoms with Crippen molar-refractivity contribution in [2.24, 2.45) is 5.92 Å². The van der Waals surface area contributed by atoms with Crippen LogP contribution in [0.25, 0.3) is 0 Å². The van der Waals surface area contributed by atoms with E-state index in [0.29, 0.717) is 11.3 Å². The molecule has 0 bridgehead atoms. The molecule has 2 amide bonds. The van der Waals surface area contributed by atoms with E-state index in [-0.39, 0.29) is 17.4 Å². The molecule has 0 radical (unpaired) electrons. The van der Waals surface area contributed by atoms with Crippen LogP contribution in [0.3, 0.4) is 0 Å². The largest absolute Gasteiger partial charge is 0.279 e. The molecule has 0 saturated carbocycles. The molecular formula is C15H20N2O4S2. The van der Waals surface area contributed by atoms with Crippen LogP contribution in [-0.4, -0.2) is 31.7 Å². The third kappa shape index (κ3) is 3.92. The lowest BCUT2D eigenvalue weighted by molar-refractivity contribution is -0.125. The summed E-state index contributed by atoms with van der Waals surface area (Å²) in [4.78, 5) is 25.9. The van der Waals surface area contributed by atoms with Crippen LogP contribution < -0.4 is 10.9 Å². The Morgan fingerprint density at radius 1 is 1.13 bits per heavy atom. The van der Waals surface area contributed by atoms with Crippen molar-refractivity contribution in [2.45, 2.75) is 38.5 Å². The smallest absolute Gasteiger partial charge is 0.273 e. The summed E-state index contributed by atoms with van der Waals surface area (Å²) >= 11 is 1.48. The van der Waals surface area contributed by atoms with Gasteiger partial charge in [0.25, 0.3) is 5.91 Å². The van der Waals surface area contributed by atoms with Crippen LogP contribution >= 0.6 is 11.3 Å². The molecule has 2 heterocycles. The fourth-order valence-corrected chi connectivity index (χ4v) is 5.95. The summed E-state index contributed by atoms with van der Waals surface area (Å²) in [6.07, 6.45) is 5.87. The first-order valence-electron chi connectivity index (χ1n) is 7.87. The zero-order valence-electron chi connectivity index (χ0n) is 12.8. The van der Waals surface area contributed by atoms with Crippen molar-refractivity contribution >= 4 is 33.0 Å². The zero-order valence-corrected chi connectivity index (χ0v) is 14.4. The number of rotatable bonds is 2. The molecule has 0 spiro atoms. The number of hydrogen-bond donors (Lipinski definition) is 2. The molecule has 2 N–H and O–H groups in total. The number of carbonyl (C=O) groups is 2. The molecule has 1 atom stereocenters. The molecule has 1 aromatic heterocycles. The highest BCUT2D eigenvalue weighted by Gasteiger charge is 2.33. The van der Waals surface area contributed by atoms with Gasteiger partial charge in [-0.25, -0.2) is 8.42 Å². The first-order chi connectivity index (χ1) is 10.9. The van der Waals surface area contributed by atoms with E-state index >= 15 is 0 Å². The summed E-state index contributed by atoms with van der Waals surface area (Å²) in [5, 5.41) is 0. The topological polar surface area (TPSA) is 92.3 Å². The Hall–Kier alpha value is -1.41. The lowest BCUT2D eigenvalue weighted by Crippen LogP contribution is -2.44. The molecule has 1 aliphatic carbocycles. The summed E-state index contributed by atoms with van der Waals surface area (Å²) in [5.41, 5.74) is 6.00. The van der Waals surface area contributed by atoms with E-state index in [2.05, 4.69) is 10.9 Å². The Kier molecular flexibility index (Phi) is 4.72. The maximum atomic E-state index is 12.2. The second kappa shape index (κ2) is 6.60. The molecule has 1 fully saturated rings. The average Bonchev–Trinajstić information content (AvgIpc) is 3.01. The quantitative estimate of drug-likeness (QED) is 0.615. The van der Waals surface area contributed by atoms with Gasteiger partial charge < -0.3 is 0 Å². The van der Waals surface area contributed by atoms with Gasteiger partial charge in [-0.1, -0.05) is 6.42 Å². The molecule has 3 rings (SSSR count). The number of amides is 2. The third-order valence-electron chi connectivity index (χ3n) is 4.37. The number of fused-ring (bicyclic) bond motifs is 1. The molecule has 1 aliphatic heterocycles. The first-order valence-corrected chi connectivity index (χ1v) is 10.5. The van der Waals surface area contributed by atoms with E-state index in [4.69, 9.17) is 0 Å². The Balaban J connectivity index is 1.56. The van der Waals surface area contributed by atoms with Crippen LogP contribution in [0.15, 0.2) is 6.07 Å². The van der Waals surface area contributed by atoms with Gasteiger partial charge in [-0.05, 0) is 43.7 Å². The van der Waals surface area contributed by atoms with Gasteiger partial charge in [-0.2, -0.15) is 0 Å². The van der Waals surface area contributed by atoms with Gasteiger partial charge in [-0.15, -0.1) is 11.3 Å². The SMILES string of the molecule is O=C(NNC(=O)[C@@H]1CCS(=O)(=O)C1)c1cc2c(s1)CCCCC2. The van der Waals surface area contributed by atoms with Crippen molar-refractivity contribution in [1.29, 1.82) is 0 Å². The van der Waals surface area contributed by atoms with E-state index in [0.717, 1.165) is 25.7 Å². The van der Waals surface area contributed by atoms with Crippen LogP contribution in [0.2, 0.25) is 0 Å². The van der Waals surface area contributed by atoms with Gasteiger partial charge >= 0.3 is 0 Å². The minimum Gasteiger partial charge on any atom is -0.273 e. The molecule has 126 valence electrons. The number of hydrazine groups is 1. The van der Waals surface area contributed by atoms with Gasteiger partial charge in [0.1, 0.15) is 0 Å². The fraction of sp³-hybridized carbons (Fsp3) is 0.600. The van der Waals surface area contributed by atoms with Crippen LogP contribution in [0.1, 0.15) is 45.8 Å². The molecule has 0 aromatic carbocycles. The maximum Gasteiger partial charge on any atom is 0.279 e. The van der Waals surface area contributed by atoms with Crippen LogP contribution in [0.5, 0.6) is 0 Å². The van der Waals surface area contributed by atoms with Crippen LogP contribution in [-0.2, 0) is 27.5 Å². The van der Waals surface area contributed by atoms with E-state index < -0.39 is 21.7 Å². The predicted molar refractivity (Wildman–Crippen MR) is 87.9 cm³/mol. The highest BCUT2D eigenvalue weighted by atomic mass is 32.2. The summed E-state index contributed by atoms with van der Waals surface area (Å²) in [5.74, 6) is -1.44. The summed E-state index contributed by atoms with van der Waals surface area (Å²) in [6.45, 7) is 0. The minimum atomic E-state index is -3.11. The molecule has 6 nitrogen and oxygen atoms in total. The summed E-state index contributed by atoms with van der Waals surface area (Å²) in [7, 11) is -3.11. The van der Waals surface area contributed by atoms with Crippen molar-refractivity contribution in [3.63, 3.8) is 0 Å². The average molecular weight is 356 g/mol. The molecule has 1 saturated heterocycles. The second-order valence-electron chi connectivity index (χ2n) is 6.16. The van der Waals surface area contributed by atoms with Crippen molar-refractivity contribution in [2.75, 3.05) is 11.5 Å². The van der Waals surface area contributed by atoms with Crippen molar-refractivity contribution in [3.05, 3.63) is 21.4 Å². The highest BCUT2D eigenvalue weighted by molar-refractivity contribution is 7.91. The molecule has 0 unspecified atom stereocenters. The first kappa shape index (κ1) is 16.4. The molecular weight excluding hydrogens is 336 g/mol. The van der Waals surface area contributed by atoms with Crippen molar-refractivity contribution in [3.8, 4) is 0 Å². The van der Waals surface area contributed by atoms with Crippen molar-refractivity contribution < 1.29 is 18.0 Å². The number of thiophene rings is 1. The Morgan fingerprint density at radius 2 is 1.91 bits per heavy atom. The monoisotopic (exact) mass is 356 g/mol. The van der Waals surface area contributed by atoms with Crippen LogP contribution in [0.4, 0.5) is 0 Å². The molecule has 23 heavy (non-hydrogen) atoms. The Morgan fingerprint density at radius 3 is 2.65 bits per heavy atom. The molecule has 2 aliphatic rings. The number of sulfone groups is 1. The summed E-state index contributed by atoms with van der Waals surface area (Å²) in [6, 6.07) is 1.91. The lowest BCUT2D eigenvalue weighted by atomic mass is 10.1. The van der Waals surface area contributed by atoms with E-state index in [1.54, 1.807) is 0 Å². The number of nitrogens with one attached hydrogen (secondary N) is 2. The van der Waals surface area contributed by atoms with E-state index in [9.17, 15) is 18.0 Å². The molecule has 1 aromatic rings.